The van der Waals surface area contributed by atoms with E-state index < -0.39 is 17.4 Å². The van der Waals surface area contributed by atoms with Crippen LogP contribution in [-0.2, 0) is 0 Å². The molecule has 0 fully saturated rings. The summed E-state index contributed by atoms with van der Waals surface area (Å²) >= 11 is 2.54. The number of ketones is 1. The fourth-order valence-corrected chi connectivity index (χ4v) is 7.68. The van der Waals surface area contributed by atoms with Crippen molar-refractivity contribution >= 4 is 43.4 Å². The van der Waals surface area contributed by atoms with E-state index in [0.29, 0.717) is 15.7 Å². The van der Waals surface area contributed by atoms with Crippen LogP contribution in [0.25, 0.3) is 0 Å². The zero-order chi connectivity index (χ0) is 23.4. The average Bonchev–Trinajstić information content (AvgIpc) is 3.56. The molecule has 2 unspecified atom stereocenters. The van der Waals surface area contributed by atoms with Gasteiger partial charge in [-0.05, 0) is 0 Å². The Labute approximate surface area is 206 Å². The maximum absolute atomic E-state index is 12.8. The van der Waals surface area contributed by atoms with Crippen LogP contribution >= 0.6 is 22.7 Å². The number of nitriles is 3. The molecule has 1 N–H and O–H groups in total. The molecule has 1 aliphatic heterocycles. The summed E-state index contributed by atoms with van der Waals surface area (Å²) in [7, 11) is 0. The normalized spacial score (nSPS) is 19.1. The fourth-order valence-electron chi connectivity index (χ4n) is 3.90. The summed E-state index contributed by atoms with van der Waals surface area (Å²) in [4.78, 5) is 14.5. The summed E-state index contributed by atoms with van der Waals surface area (Å²) in [6, 6.07) is 21.2. The first-order valence-electron chi connectivity index (χ1n) is 10.1. The Balaban J connectivity index is 1.77. The van der Waals surface area contributed by atoms with Crippen molar-refractivity contribution in [3.05, 3.63) is 90.3 Å². The molecule has 0 bridgehead atoms. The maximum atomic E-state index is 12.8. The van der Waals surface area contributed by atoms with E-state index in [4.69, 9.17) is 0 Å². The number of hydrogen-bond acceptors (Lipinski definition) is 7. The van der Waals surface area contributed by atoms with Crippen molar-refractivity contribution in [2.45, 2.75) is 24.2 Å². The second-order valence-corrected chi connectivity index (χ2v) is 11.6. The first kappa shape index (κ1) is 23.0. The molecule has 0 spiro atoms. The van der Waals surface area contributed by atoms with Crippen molar-refractivity contribution < 1.29 is 4.79 Å². The third kappa shape index (κ3) is 4.25. The van der Waals surface area contributed by atoms with Gasteiger partial charge in [-0.3, -0.25) is 0 Å². The van der Waals surface area contributed by atoms with Crippen LogP contribution in [0.1, 0.15) is 37.6 Å². The molecule has 0 saturated heterocycles. The molecule has 0 radical (unpaired) electrons. The minimum absolute atomic E-state index is 0.0133. The number of Topliss-reactive ketones (excluding diaryl/α,β-unsaturated/α-hetero) is 1. The molecular weight excluding hydrogens is 515 g/mol. The molecule has 0 saturated carbocycles. The van der Waals surface area contributed by atoms with E-state index in [1.807, 2.05) is 66.2 Å². The molecule has 2 atom stereocenters. The number of carbonyl (C=O) groups is 1. The Morgan fingerprint density at radius 1 is 1.03 bits per heavy atom. The van der Waals surface area contributed by atoms with Gasteiger partial charge in [-0.15, -0.1) is 0 Å². The van der Waals surface area contributed by atoms with Gasteiger partial charge in [0.2, 0.25) is 0 Å². The summed E-state index contributed by atoms with van der Waals surface area (Å²) in [5, 5.41) is 38.2. The molecule has 33 heavy (non-hydrogen) atoms. The standard InChI is InChI=1S/C25H18N4OS2Se/c1-16-6-8-17(9-7-16)19(30)13-33-24-18(12-26)22(20-4-2-10-31-20)25(14-27,15-28)23(29-24)21-5-3-11-32-21/h2-11,22-23,29H,13H2,1H3. The summed E-state index contributed by atoms with van der Waals surface area (Å²) in [6.45, 7) is 1.97. The summed E-state index contributed by atoms with van der Waals surface area (Å²) in [6.07, 6.45) is 0. The van der Waals surface area contributed by atoms with E-state index in [9.17, 15) is 20.6 Å². The third-order valence-corrected chi connectivity index (χ3v) is 9.63. The molecule has 162 valence electrons. The van der Waals surface area contributed by atoms with Crippen LogP contribution in [0.3, 0.4) is 0 Å². The molecular formula is C25H18N4OS2Se. The van der Waals surface area contributed by atoms with Crippen LogP contribution in [0.4, 0.5) is 0 Å². The van der Waals surface area contributed by atoms with Gasteiger partial charge in [0.1, 0.15) is 0 Å². The van der Waals surface area contributed by atoms with Crippen LogP contribution in [-0.4, -0.2) is 20.7 Å². The molecule has 5 nitrogen and oxygen atoms in total. The van der Waals surface area contributed by atoms with Gasteiger partial charge in [-0.1, -0.05) is 0 Å². The Bertz CT molecular complexity index is 1290. The van der Waals surface area contributed by atoms with Gasteiger partial charge in [-0.2, -0.15) is 0 Å². The van der Waals surface area contributed by atoms with E-state index in [-0.39, 0.29) is 26.1 Å². The van der Waals surface area contributed by atoms with E-state index in [2.05, 4.69) is 23.5 Å². The van der Waals surface area contributed by atoms with Crippen LogP contribution in [0.5, 0.6) is 0 Å². The number of nitrogens with zero attached hydrogens (tertiary/aromatic N) is 3. The van der Waals surface area contributed by atoms with Crippen molar-refractivity contribution in [1.82, 2.24) is 5.32 Å². The van der Waals surface area contributed by atoms with Crippen LogP contribution in [0.2, 0.25) is 5.32 Å². The molecule has 2 aromatic heterocycles. The van der Waals surface area contributed by atoms with Crippen LogP contribution in [0, 0.1) is 46.3 Å². The Kier molecular flexibility index (Phi) is 6.80. The fraction of sp³-hybridized carbons (Fsp3) is 0.200. The molecule has 0 aliphatic carbocycles. The van der Waals surface area contributed by atoms with Gasteiger partial charge in [0.15, 0.2) is 0 Å². The van der Waals surface area contributed by atoms with Gasteiger partial charge in [-0.25, -0.2) is 0 Å². The first-order chi connectivity index (χ1) is 16.0. The number of rotatable bonds is 6. The van der Waals surface area contributed by atoms with Crippen molar-refractivity contribution in [2.24, 2.45) is 5.41 Å². The van der Waals surface area contributed by atoms with Gasteiger partial charge >= 0.3 is 207 Å². The zero-order valence-electron chi connectivity index (χ0n) is 17.6. The number of allylic oxidation sites excluding steroid dienone is 1. The van der Waals surface area contributed by atoms with Crippen molar-refractivity contribution in [3.63, 3.8) is 0 Å². The topological polar surface area (TPSA) is 100 Å². The van der Waals surface area contributed by atoms with E-state index in [1.54, 1.807) is 0 Å². The number of carbonyl (C=O) groups excluding carboxylic acids is 1. The molecule has 0 amide bonds. The molecule has 1 aliphatic rings. The van der Waals surface area contributed by atoms with Crippen molar-refractivity contribution in [1.29, 1.82) is 15.8 Å². The predicted octanol–water partition coefficient (Wildman–Crippen LogP) is 5.32. The van der Waals surface area contributed by atoms with Crippen LogP contribution < -0.4 is 5.32 Å². The Morgan fingerprint density at radius 2 is 1.67 bits per heavy atom. The second-order valence-electron chi connectivity index (χ2n) is 7.57. The average molecular weight is 534 g/mol. The van der Waals surface area contributed by atoms with Crippen molar-refractivity contribution in [2.75, 3.05) is 0 Å². The predicted molar refractivity (Wildman–Crippen MR) is 130 cm³/mol. The molecule has 3 aromatic rings. The summed E-state index contributed by atoms with van der Waals surface area (Å²) in [5.41, 5.74) is 0.624. The first-order valence-corrected chi connectivity index (χ1v) is 13.9. The van der Waals surface area contributed by atoms with Crippen molar-refractivity contribution in [3.8, 4) is 18.2 Å². The van der Waals surface area contributed by atoms with Gasteiger partial charge in [0.05, 0.1) is 0 Å². The van der Waals surface area contributed by atoms with Gasteiger partial charge in [0, 0.05) is 0 Å². The SMILES string of the molecule is Cc1ccc(C(=O)C[Se]C2=C(C#N)C(c3cccs3)C(C#N)(C#N)C(c3cccs3)N2)cc1. The number of thiophene rings is 2. The van der Waals surface area contributed by atoms with Gasteiger partial charge < -0.3 is 0 Å². The molecule has 4 rings (SSSR count). The Morgan fingerprint density at radius 3 is 2.21 bits per heavy atom. The summed E-state index contributed by atoms with van der Waals surface area (Å²) in [5.74, 6) is -0.670. The Hall–Kier alpha value is -3.18. The number of aryl methyl sites for hydroxylation is 1. The van der Waals surface area contributed by atoms with Crippen LogP contribution in [0.15, 0.2) is 69.5 Å². The van der Waals surface area contributed by atoms with E-state index >= 15 is 0 Å². The zero-order valence-corrected chi connectivity index (χ0v) is 21.0. The number of benzene rings is 1. The molecule has 8 heteroatoms. The van der Waals surface area contributed by atoms with E-state index in [1.165, 1.54) is 22.7 Å². The minimum atomic E-state index is -1.48. The molecule has 1 aromatic carbocycles. The van der Waals surface area contributed by atoms with E-state index in [0.717, 1.165) is 15.3 Å². The number of nitrogens with one attached hydrogen (secondary N) is 1. The number of hydrogen-bond donors (Lipinski definition) is 1. The summed E-state index contributed by atoms with van der Waals surface area (Å²) < 4.78 is 0.684. The quantitative estimate of drug-likeness (QED) is 0.342. The van der Waals surface area contributed by atoms with Gasteiger partial charge in [0.25, 0.3) is 0 Å². The third-order valence-electron chi connectivity index (χ3n) is 5.59. The molecule has 3 heterocycles. The monoisotopic (exact) mass is 534 g/mol. The second kappa shape index (κ2) is 9.75.